The van der Waals surface area contributed by atoms with Crippen molar-refractivity contribution >= 4 is 17.7 Å². The molecule has 2 aromatic carbocycles. The summed E-state index contributed by atoms with van der Waals surface area (Å²) in [5.74, 6) is 0.704. The molecule has 162 valence electrons. The maximum atomic E-state index is 12.4. The molecule has 0 radical (unpaired) electrons. The second kappa shape index (κ2) is 9.65. The lowest BCUT2D eigenvalue weighted by atomic mass is 10.2. The molecule has 1 aromatic heterocycles. The predicted octanol–water partition coefficient (Wildman–Crippen LogP) is 3.24. The highest BCUT2D eigenvalue weighted by atomic mass is 19.3. The van der Waals surface area contributed by atoms with Gasteiger partial charge in [-0.1, -0.05) is 6.07 Å². The van der Waals surface area contributed by atoms with Crippen LogP contribution in [-0.2, 0) is 4.79 Å². The highest BCUT2D eigenvalue weighted by Gasteiger charge is 2.13. The first-order valence-corrected chi connectivity index (χ1v) is 8.96. The van der Waals surface area contributed by atoms with Crippen LogP contribution < -0.4 is 19.5 Å². The summed E-state index contributed by atoms with van der Waals surface area (Å²) in [6.45, 7) is -1.23. The van der Waals surface area contributed by atoms with Crippen LogP contribution in [0.4, 0.5) is 14.5 Å². The third kappa shape index (κ3) is 5.32. The maximum Gasteiger partial charge on any atom is 0.387 e. The molecule has 0 atom stereocenters. The van der Waals surface area contributed by atoms with Crippen LogP contribution in [0.1, 0.15) is 11.4 Å². The van der Waals surface area contributed by atoms with Gasteiger partial charge >= 0.3 is 6.61 Å². The number of nitrogens with zero attached hydrogens (tertiary/aromatic N) is 4. The lowest BCUT2D eigenvalue weighted by Crippen LogP contribution is -2.09. The number of rotatable bonds is 8. The summed E-state index contributed by atoms with van der Waals surface area (Å²) in [5.41, 5.74) is 1.62. The van der Waals surface area contributed by atoms with Gasteiger partial charge in [0.15, 0.2) is 17.3 Å². The number of carbonyl (C=O) groups excluding carboxylic acids is 1. The number of benzene rings is 2. The van der Waals surface area contributed by atoms with Gasteiger partial charge in [-0.25, -0.2) is 0 Å². The Kier molecular flexibility index (Phi) is 6.75. The number of hydrogen-bond acceptors (Lipinski definition) is 7. The number of halogens is 2. The first kappa shape index (κ1) is 21.7. The van der Waals surface area contributed by atoms with Gasteiger partial charge in [-0.3, -0.25) is 4.79 Å². The third-order valence-corrected chi connectivity index (χ3v) is 4.13. The van der Waals surface area contributed by atoms with E-state index in [1.54, 1.807) is 25.1 Å². The predicted molar refractivity (Wildman–Crippen MR) is 108 cm³/mol. The number of ether oxygens (including phenoxy) is 3. The zero-order valence-corrected chi connectivity index (χ0v) is 16.9. The van der Waals surface area contributed by atoms with Gasteiger partial charge in [0.25, 0.3) is 0 Å². The van der Waals surface area contributed by atoms with E-state index in [-0.39, 0.29) is 11.5 Å². The number of tetrazole rings is 1. The fraction of sp³-hybridized carbons (Fsp3) is 0.200. The van der Waals surface area contributed by atoms with Crippen molar-refractivity contribution in [3.05, 3.63) is 53.9 Å². The number of carbonyl (C=O) groups is 1. The quantitative estimate of drug-likeness (QED) is 0.547. The Bertz CT molecular complexity index is 1100. The molecule has 3 rings (SSSR count). The third-order valence-electron chi connectivity index (χ3n) is 4.13. The topological polar surface area (TPSA) is 100 Å². The van der Waals surface area contributed by atoms with Crippen LogP contribution in [0.3, 0.4) is 0 Å². The zero-order chi connectivity index (χ0) is 22.4. The smallest absolute Gasteiger partial charge is 0.387 e. The number of anilines is 1. The van der Waals surface area contributed by atoms with Gasteiger partial charge in [0.2, 0.25) is 5.91 Å². The first-order valence-electron chi connectivity index (χ1n) is 8.96. The average molecular weight is 431 g/mol. The Balaban J connectivity index is 1.75. The van der Waals surface area contributed by atoms with Crippen LogP contribution in [0.5, 0.6) is 17.2 Å². The Labute approximate surface area is 176 Å². The number of aryl methyl sites for hydroxylation is 1. The van der Waals surface area contributed by atoms with E-state index in [0.29, 0.717) is 28.5 Å². The molecular formula is C20H19F2N5O4. The van der Waals surface area contributed by atoms with Crippen molar-refractivity contribution < 1.29 is 27.8 Å². The highest BCUT2D eigenvalue weighted by Crippen LogP contribution is 2.30. The van der Waals surface area contributed by atoms with E-state index >= 15 is 0 Å². The summed E-state index contributed by atoms with van der Waals surface area (Å²) >= 11 is 0. The van der Waals surface area contributed by atoms with Gasteiger partial charge in [0.1, 0.15) is 11.4 Å². The van der Waals surface area contributed by atoms with E-state index in [1.807, 2.05) is 0 Å². The molecule has 0 saturated carbocycles. The molecule has 0 bridgehead atoms. The SMILES string of the molecule is COc1cc(/C=C/C(=O)Nc2ccc(OC)c(-n3nnnc3C)c2)ccc1OC(F)F. The summed E-state index contributed by atoms with van der Waals surface area (Å²) in [6.07, 6.45) is 2.81. The lowest BCUT2D eigenvalue weighted by Gasteiger charge is -2.11. The second-order valence-corrected chi connectivity index (χ2v) is 6.14. The van der Waals surface area contributed by atoms with Gasteiger partial charge in [0, 0.05) is 11.8 Å². The van der Waals surface area contributed by atoms with Crippen molar-refractivity contribution in [2.45, 2.75) is 13.5 Å². The van der Waals surface area contributed by atoms with E-state index in [0.717, 1.165) is 0 Å². The maximum absolute atomic E-state index is 12.4. The Morgan fingerprint density at radius 3 is 2.48 bits per heavy atom. The van der Waals surface area contributed by atoms with Crippen molar-refractivity contribution in [3.63, 3.8) is 0 Å². The van der Waals surface area contributed by atoms with Gasteiger partial charge in [-0.05, 0) is 59.3 Å². The van der Waals surface area contributed by atoms with E-state index in [9.17, 15) is 13.6 Å². The Hall–Kier alpha value is -4.02. The second-order valence-electron chi connectivity index (χ2n) is 6.14. The summed E-state index contributed by atoms with van der Waals surface area (Å²) in [6, 6.07) is 9.37. The van der Waals surface area contributed by atoms with Gasteiger partial charge < -0.3 is 19.5 Å². The van der Waals surface area contributed by atoms with E-state index < -0.39 is 12.5 Å². The summed E-state index contributed by atoms with van der Waals surface area (Å²) < 4.78 is 41.1. The van der Waals surface area contributed by atoms with Gasteiger partial charge in [-0.15, -0.1) is 5.10 Å². The highest BCUT2D eigenvalue weighted by molar-refractivity contribution is 6.02. The Morgan fingerprint density at radius 1 is 1.10 bits per heavy atom. The summed E-state index contributed by atoms with van der Waals surface area (Å²) in [7, 11) is 2.85. The van der Waals surface area contributed by atoms with Crippen LogP contribution in [0, 0.1) is 6.92 Å². The van der Waals surface area contributed by atoms with Crippen molar-refractivity contribution in [1.29, 1.82) is 0 Å². The monoisotopic (exact) mass is 431 g/mol. The number of hydrogen-bond donors (Lipinski definition) is 1. The molecule has 0 spiro atoms. The molecule has 1 heterocycles. The van der Waals surface area contributed by atoms with Crippen molar-refractivity contribution in [2.24, 2.45) is 0 Å². The molecule has 0 fully saturated rings. The van der Waals surface area contributed by atoms with Crippen LogP contribution in [0.25, 0.3) is 11.8 Å². The molecule has 0 aliphatic rings. The molecule has 0 aliphatic heterocycles. The fourth-order valence-corrected chi connectivity index (χ4v) is 2.72. The number of aromatic nitrogens is 4. The summed E-state index contributed by atoms with van der Waals surface area (Å²) in [5, 5.41) is 14.1. The largest absolute Gasteiger partial charge is 0.494 e. The number of amides is 1. The normalized spacial score (nSPS) is 11.0. The molecule has 0 saturated heterocycles. The molecule has 31 heavy (non-hydrogen) atoms. The number of alkyl halides is 2. The van der Waals surface area contributed by atoms with Crippen LogP contribution >= 0.6 is 0 Å². The van der Waals surface area contributed by atoms with Crippen molar-refractivity contribution in [3.8, 4) is 22.9 Å². The van der Waals surface area contributed by atoms with E-state index in [2.05, 4.69) is 25.6 Å². The number of nitrogens with one attached hydrogen (secondary N) is 1. The standard InChI is InChI=1S/C20H19F2N5O4/c1-12-24-25-26-27(12)15-11-14(6-8-16(15)29-2)23-19(28)9-5-13-4-7-17(31-20(21)22)18(10-13)30-3/h4-11,20H,1-3H3,(H,23,28)/b9-5+. The molecule has 3 aromatic rings. The lowest BCUT2D eigenvalue weighted by molar-refractivity contribution is -0.111. The molecule has 1 N–H and O–H groups in total. The first-order chi connectivity index (χ1) is 14.9. The van der Waals surface area contributed by atoms with Crippen LogP contribution in [0.2, 0.25) is 0 Å². The molecule has 0 unspecified atom stereocenters. The minimum atomic E-state index is -2.97. The van der Waals surface area contributed by atoms with E-state index in [4.69, 9.17) is 9.47 Å². The van der Waals surface area contributed by atoms with Gasteiger partial charge in [-0.2, -0.15) is 13.5 Å². The number of methoxy groups -OCH3 is 2. The minimum absolute atomic E-state index is 0.0947. The molecule has 0 aliphatic carbocycles. The average Bonchev–Trinajstić information content (AvgIpc) is 3.18. The van der Waals surface area contributed by atoms with Crippen LogP contribution in [0.15, 0.2) is 42.5 Å². The minimum Gasteiger partial charge on any atom is -0.494 e. The fourth-order valence-electron chi connectivity index (χ4n) is 2.72. The Morgan fingerprint density at radius 2 is 1.84 bits per heavy atom. The summed E-state index contributed by atoms with van der Waals surface area (Å²) in [4.78, 5) is 12.3. The van der Waals surface area contributed by atoms with Crippen molar-refractivity contribution in [2.75, 3.05) is 19.5 Å². The molecule has 1 amide bonds. The van der Waals surface area contributed by atoms with Crippen molar-refractivity contribution in [1.82, 2.24) is 20.2 Å². The van der Waals surface area contributed by atoms with Crippen LogP contribution in [-0.4, -0.2) is 46.9 Å². The zero-order valence-electron chi connectivity index (χ0n) is 16.9. The van der Waals surface area contributed by atoms with Gasteiger partial charge in [0.05, 0.1) is 14.2 Å². The molecular weight excluding hydrogens is 412 g/mol. The molecule has 9 nitrogen and oxygen atoms in total. The van der Waals surface area contributed by atoms with E-state index in [1.165, 1.54) is 49.3 Å². The molecule has 11 heteroatoms.